The number of guanidine groups is 1. The number of nitrogens with one attached hydrogen (secondary N) is 2. The minimum absolute atomic E-state index is 0.283. The molecule has 2 aliphatic rings. The maximum absolute atomic E-state index is 5.23. The molecule has 1 aliphatic carbocycles. The van der Waals surface area contributed by atoms with Crippen LogP contribution < -0.4 is 10.6 Å². The van der Waals surface area contributed by atoms with Gasteiger partial charge in [0.15, 0.2) is 5.96 Å². The molecule has 2 rings (SSSR count). The van der Waals surface area contributed by atoms with Crippen LogP contribution in [-0.2, 0) is 4.74 Å². The van der Waals surface area contributed by atoms with E-state index in [0.717, 1.165) is 38.6 Å². The van der Waals surface area contributed by atoms with Crippen molar-refractivity contribution in [1.29, 1.82) is 0 Å². The van der Waals surface area contributed by atoms with E-state index in [0.29, 0.717) is 6.04 Å². The van der Waals surface area contributed by atoms with Crippen molar-refractivity contribution in [2.75, 3.05) is 26.8 Å². The van der Waals surface area contributed by atoms with E-state index in [4.69, 9.17) is 4.74 Å². The zero-order chi connectivity index (χ0) is 11.4. The molecule has 16 heavy (non-hydrogen) atoms. The summed E-state index contributed by atoms with van der Waals surface area (Å²) in [5, 5.41) is 6.79. The Balaban J connectivity index is 1.73. The van der Waals surface area contributed by atoms with Gasteiger partial charge in [-0.15, -0.1) is 0 Å². The lowest BCUT2D eigenvalue weighted by atomic mass is 9.89. The molecule has 0 unspecified atom stereocenters. The summed E-state index contributed by atoms with van der Waals surface area (Å²) < 4.78 is 5.23. The predicted molar refractivity (Wildman–Crippen MR) is 65.6 cm³/mol. The van der Waals surface area contributed by atoms with Crippen molar-refractivity contribution in [3.8, 4) is 0 Å². The lowest BCUT2D eigenvalue weighted by molar-refractivity contribution is -0.0971. The van der Waals surface area contributed by atoms with E-state index in [2.05, 4.69) is 34.7 Å². The van der Waals surface area contributed by atoms with E-state index < -0.39 is 0 Å². The molecule has 1 aliphatic heterocycles. The molecule has 0 atom stereocenters. The van der Waals surface area contributed by atoms with Crippen molar-refractivity contribution in [2.24, 2.45) is 10.4 Å². The van der Waals surface area contributed by atoms with Gasteiger partial charge in [0.1, 0.15) is 0 Å². The molecule has 0 bridgehead atoms. The van der Waals surface area contributed by atoms with Gasteiger partial charge in [0.2, 0.25) is 0 Å². The maximum atomic E-state index is 5.23. The van der Waals surface area contributed by atoms with Crippen LogP contribution in [0.25, 0.3) is 0 Å². The summed E-state index contributed by atoms with van der Waals surface area (Å²) in [5.41, 5.74) is 0.283. The van der Waals surface area contributed by atoms with Crippen molar-refractivity contribution in [1.82, 2.24) is 10.6 Å². The SMILES string of the molecule is CN=C(NCC1(C)COC1)NC1CC=CC1. The first kappa shape index (κ1) is 11.5. The van der Waals surface area contributed by atoms with Crippen LogP contribution in [0.1, 0.15) is 19.8 Å². The van der Waals surface area contributed by atoms with Crippen LogP contribution in [0, 0.1) is 5.41 Å². The lowest BCUT2D eigenvalue weighted by Gasteiger charge is -2.38. The van der Waals surface area contributed by atoms with Gasteiger partial charge in [-0.3, -0.25) is 4.99 Å². The molecule has 0 spiro atoms. The zero-order valence-electron chi connectivity index (χ0n) is 10.1. The van der Waals surface area contributed by atoms with Gasteiger partial charge in [0.25, 0.3) is 0 Å². The summed E-state index contributed by atoms with van der Waals surface area (Å²) >= 11 is 0. The van der Waals surface area contributed by atoms with Crippen LogP contribution in [-0.4, -0.2) is 38.8 Å². The smallest absolute Gasteiger partial charge is 0.191 e. The summed E-state index contributed by atoms with van der Waals surface area (Å²) in [7, 11) is 1.82. The van der Waals surface area contributed by atoms with Crippen LogP contribution >= 0.6 is 0 Å². The first-order valence-electron chi connectivity index (χ1n) is 5.92. The van der Waals surface area contributed by atoms with Crippen LogP contribution in [0.4, 0.5) is 0 Å². The quantitative estimate of drug-likeness (QED) is 0.424. The highest BCUT2D eigenvalue weighted by Gasteiger charge is 2.33. The van der Waals surface area contributed by atoms with E-state index in [1.165, 1.54) is 0 Å². The molecular weight excluding hydrogens is 202 g/mol. The van der Waals surface area contributed by atoms with Gasteiger partial charge >= 0.3 is 0 Å². The Morgan fingerprint density at radius 2 is 2.12 bits per heavy atom. The average Bonchev–Trinajstić information content (AvgIpc) is 2.74. The molecule has 2 N–H and O–H groups in total. The van der Waals surface area contributed by atoms with Crippen LogP contribution in [0.15, 0.2) is 17.1 Å². The Labute approximate surface area is 97.2 Å². The molecule has 0 saturated carbocycles. The first-order valence-corrected chi connectivity index (χ1v) is 5.92. The molecule has 0 aromatic carbocycles. The van der Waals surface area contributed by atoms with Crippen molar-refractivity contribution in [3.63, 3.8) is 0 Å². The van der Waals surface area contributed by atoms with E-state index in [9.17, 15) is 0 Å². The number of ether oxygens (including phenoxy) is 1. The summed E-state index contributed by atoms with van der Waals surface area (Å²) in [6.07, 6.45) is 6.63. The first-order chi connectivity index (χ1) is 7.72. The monoisotopic (exact) mass is 223 g/mol. The lowest BCUT2D eigenvalue weighted by Crippen LogP contribution is -2.52. The third-order valence-electron chi connectivity index (χ3n) is 3.16. The average molecular weight is 223 g/mol. The second-order valence-corrected chi connectivity index (χ2v) is 5.01. The molecule has 0 aromatic rings. The highest BCUT2D eigenvalue weighted by Crippen LogP contribution is 2.24. The van der Waals surface area contributed by atoms with Crippen LogP contribution in [0.3, 0.4) is 0 Å². The Morgan fingerprint density at radius 1 is 1.44 bits per heavy atom. The molecule has 0 aromatic heterocycles. The van der Waals surface area contributed by atoms with Crippen LogP contribution in [0.5, 0.6) is 0 Å². The van der Waals surface area contributed by atoms with Gasteiger partial charge in [-0.2, -0.15) is 0 Å². The Bertz CT molecular complexity index is 287. The summed E-state index contributed by atoms with van der Waals surface area (Å²) in [5.74, 6) is 0.904. The summed E-state index contributed by atoms with van der Waals surface area (Å²) in [6, 6.07) is 0.511. The van der Waals surface area contributed by atoms with Crippen molar-refractivity contribution < 1.29 is 4.74 Å². The Hall–Kier alpha value is -1.03. The molecule has 1 heterocycles. The third-order valence-corrected chi connectivity index (χ3v) is 3.16. The predicted octanol–water partition coefficient (Wildman–Crippen LogP) is 0.906. The molecule has 4 nitrogen and oxygen atoms in total. The van der Waals surface area contributed by atoms with Gasteiger partial charge < -0.3 is 15.4 Å². The molecule has 0 radical (unpaired) electrons. The second-order valence-electron chi connectivity index (χ2n) is 5.01. The topological polar surface area (TPSA) is 45.7 Å². The number of hydrogen-bond acceptors (Lipinski definition) is 2. The number of rotatable bonds is 3. The minimum atomic E-state index is 0.283. The fraction of sp³-hybridized carbons (Fsp3) is 0.750. The maximum Gasteiger partial charge on any atom is 0.191 e. The van der Waals surface area contributed by atoms with Crippen molar-refractivity contribution >= 4 is 5.96 Å². The van der Waals surface area contributed by atoms with E-state index in [1.54, 1.807) is 0 Å². The normalized spacial score (nSPS) is 24.2. The molecule has 1 saturated heterocycles. The van der Waals surface area contributed by atoms with E-state index >= 15 is 0 Å². The zero-order valence-corrected chi connectivity index (χ0v) is 10.1. The second kappa shape index (κ2) is 4.87. The Kier molecular flexibility index (Phi) is 3.49. The molecule has 4 heteroatoms. The fourth-order valence-electron chi connectivity index (χ4n) is 1.97. The molecular formula is C12H21N3O. The van der Waals surface area contributed by atoms with Crippen molar-refractivity contribution in [3.05, 3.63) is 12.2 Å². The highest BCUT2D eigenvalue weighted by atomic mass is 16.5. The third kappa shape index (κ3) is 2.76. The minimum Gasteiger partial charge on any atom is -0.380 e. The Morgan fingerprint density at radius 3 is 2.62 bits per heavy atom. The largest absolute Gasteiger partial charge is 0.380 e. The van der Waals surface area contributed by atoms with Gasteiger partial charge in [0.05, 0.1) is 13.2 Å². The molecule has 0 amide bonds. The number of aliphatic imine (C=N–C) groups is 1. The fourth-order valence-corrected chi connectivity index (χ4v) is 1.97. The number of hydrogen-bond donors (Lipinski definition) is 2. The van der Waals surface area contributed by atoms with Crippen LogP contribution in [0.2, 0.25) is 0 Å². The van der Waals surface area contributed by atoms with Gasteiger partial charge in [-0.25, -0.2) is 0 Å². The van der Waals surface area contributed by atoms with Gasteiger partial charge in [0, 0.05) is 25.0 Å². The molecule has 90 valence electrons. The van der Waals surface area contributed by atoms with Gasteiger partial charge in [-0.05, 0) is 12.8 Å². The summed E-state index contributed by atoms with van der Waals surface area (Å²) in [6.45, 7) is 4.85. The van der Waals surface area contributed by atoms with E-state index in [1.807, 2.05) is 7.05 Å². The molecule has 1 fully saturated rings. The van der Waals surface area contributed by atoms with Crippen molar-refractivity contribution in [2.45, 2.75) is 25.8 Å². The van der Waals surface area contributed by atoms with E-state index in [-0.39, 0.29) is 5.41 Å². The standard InChI is InChI=1S/C12H21N3O/c1-12(8-16-9-12)7-14-11(13-2)15-10-5-3-4-6-10/h3-4,10H,5-9H2,1-2H3,(H2,13,14,15). The van der Waals surface area contributed by atoms with Gasteiger partial charge in [-0.1, -0.05) is 19.1 Å². The highest BCUT2D eigenvalue weighted by molar-refractivity contribution is 5.80. The summed E-state index contributed by atoms with van der Waals surface area (Å²) in [4.78, 5) is 4.24. The number of nitrogens with zero attached hydrogens (tertiary/aromatic N) is 1.